The van der Waals surface area contributed by atoms with E-state index >= 15 is 0 Å². The zero-order valence-corrected chi connectivity index (χ0v) is 15.1. The van der Waals surface area contributed by atoms with E-state index in [1.165, 1.54) is 23.1 Å². The van der Waals surface area contributed by atoms with Crippen LogP contribution < -0.4 is 10.5 Å². The van der Waals surface area contributed by atoms with Crippen LogP contribution in [0.2, 0.25) is 0 Å². The third-order valence-corrected chi connectivity index (χ3v) is 6.88. The minimum Gasteiger partial charge on any atom is -0.399 e. The monoisotopic (exact) mass is 406 g/mol. The first kappa shape index (κ1) is 16.8. The summed E-state index contributed by atoms with van der Waals surface area (Å²) in [5.74, 6) is 0.599. The fourth-order valence-corrected chi connectivity index (χ4v) is 5.31. The number of sulfonamides is 1. The number of nitrogens with one attached hydrogen (secondary N) is 1. The van der Waals surface area contributed by atoms with Crippen molar-refractivity contribution in [1.29, 1.82) is 0 Å². The van der Waals surface area contributed by atoms with Crippen molar-refractivity contribution in [1.82, 2.24) is 4.72 Å². The molecule has 21 heavy (non-hydrogen) atoms. The lowest BCUT2D eigenvalue weighted by Gasteiger charge is -2.06. The number of hydrogen-bond donors (Lipinski definition) is 2. The lowest BCUT2D eigenvalue weighted by molar-refractivity contribution is 0.583. The quantitative estimate of drug-likeness (QED) is 0.546. The fraction of sp³-hybridized carbons (Fsp3) is 0.231. The van der Waals surface area contributed by atoms with E-state index in [-0.39, 0.29) is 5.75 Å². The molecule has 0 spiro atoms. The Balaban J connectivity index is 1.77. The van der Waals surface area contributed by atoms with E-state index in [9.17, 15) is 8.42 Å². The molecule has 0 bridgehead atoms. The average molecular weight is 407 g/mol. The Morgan fingerprint density at radius 2 is 2.00 bits per heavy atom. The molecule has 4 nitrogen and oxygen atoms in total. The van der Waals surface area contributed by atoms with Gasteiger partial charge in [0.25, 0.3) is 0 Å². The van der Waals surface area contributed by atoms with Crippen LogP contribution in [0.3, 0.4) is 0 Å². The molecule has 0 amide bonds. The van der Waals surface area contributed by atoms with Crippen LogP contribution in [0.5, 0.6) is 0 Å². The summed E-state index contributed by atoms with van der Waals surface area (Å²) in [7, 11) is -3.25. The minimum absolute atomic E-state index is 0.0919. The Bertz CT molecular complexity index is 684. The van der Waals surface area contributed by atoms with E-state index in [1.54, 1.807) is 0 Å². The molecule has 1 aromatic heterocycles. The van der Waals surface area contributed by atoms with Crippen molar-refractivity contribution < 1.29 is 8.42 Å². The fourth-order valence-electron chi connectivity index (χ4n) is 1.53. The number of thiophene rings is 1. The number of halogens is 1. The van der Waals surface area contributed by atoms with Crippen molar-refractivity contribution in [3.8, 4) is 0 Å². The van der Waals surface area contributed by atoms with Crippen LogP contribution in [-0.2, 0) is 16.6 Å². The number of hydrogen-bond acceptors (Lipinski definition) is 5. The third kappa shape index (κ3) is 5.99. The molecule has 0 radical (unpaired) electrons. The molecule has 0 saturated heterocycles. The number of benzene rings is 1. The second-order valence-electron chi connectivity index (χ2n) is 4.29. The smallest absolute Gasteiger partial charge is 0.212 e. The first-order chi connectivity index (χ1) is 9.94. The highest BCUT2D eigenvalue weighted by Crippen LogP contribution is 2.20. The molecule has 0 unspecified atom stereocenters. The SMILES string of the molecule is Nc1ccc(SCCS(=O)(=O)NCc2cc(Br)cs2)cc1. The van der Waals surface area contributed by atoms with Gasteiger partial charge in [0.2, 0.25) is 10.0 Å². The van der Waals surface area contributed by atoms with Crippen molar-refractivity contribution in [3.05, 3.63) is 45.1 Å². The molecule has 2 rings (SSSR count). The van der Waals surface area contributed by atoms with Crippen molar-refractivity contribution in [2.45, 2.75) is 11.4 Å². The van der Waals surface area contributed by atoms with Gasteiger partial charge in [-0.25, -0.2) is 13.1 Å². The van der Waals surface area contributed by atoms with Crippen LogP contribution >= 0.6 is 39.0 Å². The largest absolute Gasteiger partial charge is 0.399 e. The van der Waals surface area contributed by atoms with Gasteiger partial charge in [0.1, 0.15) is 0 Å². The van der Waals surface area contributed by atoms with Gasteiger partial charge in [-0.05, 0) is 46.3 Å². The van der Waals surface area contributed by atoms with Crippen molar-refractivity contribution in [3.63, 3.8) is 0 Å². The van der Waals surface area contributed by atoms with Gasteiger partial charge in [0.05, 0.1) is 5.75 Å². The lowest BCUT2D eigenvalue weighted by Crippen LogP contribution is -2.26. The van der Waals surface area contributed by atoms with Crippen LogP contribution in [0.15, 0.2) is 45.1 Å². The standard InChI is InChI=1S/C13H15BrN2O2S3/c14-10-7-13(20-9-10)8-16-21(17,18)6-5-19-12-3-1-11(15)2-4-12/h1-4,7,9,16H,5-6,8,15H2. The van der Waals surface area contributed by atoms with Crippen LogP contribution in [0.1, 0.15) is 4.88 Å². The van der Waals surface area contributed by atoms with Crippen molar-refractivity contribution in [2.24, 2.45) is 0 Å². The van der Waals surface area contributed by atoms with E-state index in [1.807, 2.05) is 35.7 Å². The summed E-state index contributed by atoms with van der Waals surface area (Å²) >= 11 is 6.37. The van der Waals surface area contributed by atoms with E-state index in [4.69, 9.17) is 5.73 Å². The Morgan fingerprint density at radius 3 is 2.62 bits per heavy atom. The molecular weight excluding hydrogens is 392 g/mol. The van der Waals surface area contributed by atoms with Crippen LogP contribution in [0.4, 0.5) is 5.69 Å². The second kappa shape index (κ2) is 7.64. The van der Waals surface area contributed by atoms with Gasteiger partial charge in [-0.2, -0.15) is 0 Å². The number of anilines is 1. The Hall–Kier alpha value is -0.540. The number of rotatable bonds is 7. The second-order valence-corrected chi connectivity index (χ2v) is 9.29. The van der Waals surface area contributed by atoms with E-state index in [0.717, 1.165) is 14.2 Å². The Kier molecular flexibility index (Phi) is 6.12. The van der Waals surface area contributed by atoms with Gasteiger partial charge in [0, 0.05) is 37.6 Å². The van der Waals surface area contributed by atoms with Crippen LogP contribution in [0.25, 0.3) is 0 Å². The lowest BCUT2D eigenvalue weighted by atomic mass is 10.3. The third-order valence-electron chi connectivity index (χ3n) is 2.59. The Morgan fingerprint density at radius 1 is 1.29 bits per heavy atom. The van der Waals surface area contributed by atoms with Gasteiger partial charge in [0.15, 0.2) is 0 Å². The zero-order chi connectivity index (χ0) is 15.3. The summed E-state index contributed by atoms with van der Waals surface area (Å²) in [5.41, 5.74) is 6.31. The van der Waals surface area contributed by atoms with Gasteiger partial charge < -0.3 is 5.73 Å². The molecule has 0 fully saturated rings. The molecule has 8 heteroatoms. The highest BCUT2D eigenvalue weighted by molar-refractivity contribution is 9.10. The van der Waals surface area contributed by atoms with Gasteiger partial charge >= 0.3 is 0 Å². The van der Waals surface area contributed by atoms with E-state index < -0.39 is 10.0 Å². The summed E-state index contributed by atoms with van der Waals surface area (Å²) < 4.78 is 27.4. The predicted molar refractivity (Wildman–Crippen MR) is 94.2 cm³/mol. The summed E-state index contributed by atoms with van der Waals surface area (Å²) in [5, 5.41) is 1.93. The number of nitrogens with two attached hydrogens (primary N) is 1. The first-order valence-electron chi connectivity index (χ1n) is 6.13. The number of thioether (sulfide) groups is 1. The Labute approximate surface area is 141 Å². The van der Waals surface area contributed by atoms with Crippen molar-refractivity contribution in [2.75, 3.05) is 17.2 Å². The molecule has 0 aliphatic carbocycles. The first-order valence-corrected chi connectivity index (χ1v) is 10.4. The average Bonchev–Trinajstić information content (AvgIpc) is 2.85. The highest BCUT2D eigenvalue weighted by Gasteiger charge is 2.10. The molecule has 1 heterocycles. The normalized spacial score (nSPS) is 11.7. The molecule has 0 saturated carbocycles. The van der Waals surface area contributed by atoms with Gasteiger partial charge in [-0.15, -0.1) is 23.1 Å². The van der Waals surface area contributed by atoms with Crippen LogP contribution in [-0.4, -0.2) is 19.9 Å². The molecule has 0 atom stereocenters. The summed E-state index contributed by atoms with van der Waals surface area (Å²) in [6, 6.07) is 9.32. The van der Waals surface area contributed by atoms with Gasteiger partial charge in [-0.1, -0.05) is 0 Å². The summed E-state index contributed by atoms with van der Waals surface area (Å²) in [4.78, 5) is 2.00. The maximum Gasteiger partial charge on any atom is 0.212 e. The van der Waals surface area contributed by atoms with E-state index in [2.05, 4.69) is 20.7 Å². The predicted octanol–water partition coefficient (Wildman–Crippen LogP) is 3.30. The number of nitrogen functional groups attached to an aromatic ring is 1. The minimum atomic E-state index is -3.25. The maximum atomic E-state index is 11.9. The summed E-state index contributed by atoms with van der Waals surface area (Å²) in [6.07, 6.45) is 0. The maximum absolute atomic E-state index is 11.9. The molecule has 2 aromatic rings. The highest BCUT2D eigenvalue weighted by atomic mass is 79.9. The molecule has 1 aromatic carbocycles. The molecule has 114 valence electrons. The zero-order valence-electron chi connectivity index (χ0n) is 11.1. The van der Waals surface area contributed by atoms with E-state index in [0.29, 0.717) is 18.0 Å². The molecule has 0 aliphatic rings. The summed E-state index contributed by atoms with van der Waals surface area (Å²) in [6.45, 7) is 0.338. The molecule has 3 N–H and O–H groups in total. The van der Waals surface area contributed by atoms with Crippen LogP contribution in [0, 0.1) is 0 Å². The van der Waals surface area contributed by atoms with Gasteiger partial charge in [-0.3, -0.25) is 0 Å². The molecular formula is C13H15BrN2O2S3. The van der Waals surface area contributed by atoms with Crippen molar-refractivity contribution >= 4 is 54.7 Å². The topological polar surface area (TPSA) is 72.2 Å². The molecule has 0 aliphatic heterocycles.